The summed E-state index contributed by atoms with van der Waals surface area (Å²) in [6.45, 7) is 0. The first-order valence-corrected chi connectivity index (χ1v) is 3.59. The molecule has 0 bridgehead atoms. The number of rotatable bonds is 1. The maximum absolute atomic E-state index is 5.66. The van der Waals surface area contributed by atoms with E-state index in [4.69, 9.17) is 10.5 Å². The molecular formula is C8H9N3O. The van der Waals surface area contributed by atoms with Crippen LogP contribution < -0.4 is 10.5 Å². The summed E-state index contributed by atoms with van der Waals surface area (Å²) in [5, 5.41) is 0.927. The third-order valence-corrected chi connectivity index (χ3v) is 1.75. The molecule has 0 saturated heterocycles. The second kappa shape index (κ2) is 2.41. The third-order valence-electron chi connectivity index (χ3n) is 1.75. The van der Waals surface area contributed by atoms with Crippen molar-refractivity contribution in [3.63, 3.8) is 0 Å². The molecule has 62 valence electrons. The van der Waals surface area contributed by atoms with Gasteiger partial charge in [0.05, 0.1) is 12.8 Å². The number of nitrogen functional groups attached to an aromatic ring is 1. The van der Waals surface area contributed by atoms with Gasteiger partial charge in [-0.25, -0.2) is 0 Å². The highest BCUT2D eigenvalue weighted by molar-refractivity contribution is 5.88. The Morgan fingerprint density at radius 3 is 3.08 bits per heavy atom. The third kappa shape index (κ3) is 0.887. The van der Waals surface area contributed by atoms with Crippen molar-refractivity contribution in [3.05, 3.63) is 18.3 Å². The molecule has 0 aliphatic heterocycles. The Hall–Kier alpha value is -1.71. The van der Waals surface area contributed by atoms with Gasteiger partial charge in [0.2, 0.25) is 5.88 Å². The monoisotopic (exact) mass is 163 g/mol. The van der Waals surface area contributed by atoms with Crippen molar-refractivity contribution in [1.29, 1.82) is 0 Å². The topological polar surface area (TPSA) is 63.9 Å². The molecule has 4 heteroatoms. The van der Waals surface area contributed by atoms with Crippen LogP contribution >= 0.6 is 0 Å². The summed E-state index contributed by atoms with van der Waals surface area (Å²) in [6, 6.07) is 3.67. The smallest absolute Gasteiger partial charge is 0.214 e. The Labute approximate surface area is 69.4 Å². The molecule has 0 atom stereocenters. The van der Waals surface area contributed by atoms with Crippen molar-refractivity contribution >= 4 is 16.7 Å². The summed E-state index contributed by atoms with van der Waals surface area (Å²) in [5.74, 6) is 0.587. The molecule has 12 heavy (non-hydrogen) atoms. The van der Waals surface area contributed by atoms with E-state index in [0.29, 0.717) is 11.6 Å². The van der Waals surface area contributed by atoms with Gasteiger partial charge >= 0.3 is 0 Å². The molecule has 0 radical (unpaired) electrons. The fourth-order valence-electron chi connectivity index (χ4n) is 1.12. The predicted molar refractivity (Wildman–Crippen MR) is 47.1 cm³/mol. The van der Waals surface area contributed by atoms with Gasteiger partial charge in [-0.15, -0.1) is 0 Å². The lowest BCUT2D eigenvalue weighted by molar-refractivity contribution is 0.399. The maximum atomic E-state index is 5.66. The predicted octanol–water partition coefficient (Wildman–Crippen LogP) is 1.15. The quantitative estimate of drug-likeness (QED) is 0.662. The van der Waals surface area contributed by atoms with E-state index in [1.165, 1.54) is 0 Å². The molecule has 2 rings (SSSR count). The van der Waals surface area contributed by atoms with E-state index in [9.17, 15) is 0 Å². The number of nitrogens with two attached hydrogens (primary N) is 1. The molecule has 0 saturated carbocycles. The van der Waals surface area contributed by atoms with E-state index in [1.807, 2.05) is 6.07 Å². The van der Waals surface area contributed by atoms with E-state index in [-0.39, 0.29) is 0 Å². The van der Waals surface area contributed by atoms with Crippen molar-refractivity contribution < 1.29 is 4.74 Å². The molecule has 0 unspecified atom stereocenters. The van der Waals surface area contributed by atoms with Crippen LogP contribution in [0.4, 0.5) is 5.69 Å². The molecule has 0 spiro atoms. The van der Waals surface area contributed by atoms with Gasteiger partial charge in [0.15, 0.2) is 0 Å². The van der Waals surface area contributed by atoms with Crippen molar-refractivity contribution in [1.82, 2.24) is 9.97 Å². The Bertz CT molecular complexity index is 408. The van der Waals surface area contributed by atoms with Crippen LogP contribution in [-0.2, 0) is 0 Å². The summed E-state index contributed by atoms with van der Waals surface area (Å²) < 4.78 is 4.96. The lowest BCUT2D eigenvalue weighted by atomic mass is 10.3. The number of methoxy groups -OCH3 is 1. The number of ether oxygens (including phenoxy) is 1. The minimum absolute atomic E-state index is 0.587. The molecule has 3 N–H and O–H groups in total. The van der Waals surface area contributed by atoms with Crippen molar-refractivity contribution in [3.8, 4) is 5.88 Å². The van der Waals surface area contributed by atoms with E-state index in [2.05, 4.69) is 9.97 Å². The highest BCUT2D eigenvalue weighted by Gasteiger charge is 2.01. The summed E-state index contributed by atoms with van der Waals surface area (Å²) in [7, 11) is 1.58. The number of hydrogen-bond acceptors (Lipinski definition) is 3. The van der Waals surface area contributed by atoms with Gasteiger partial charge in [-0.1, -0.05) is 0 Å². The number of nitrogens with zero attached hydrogens (tertiary/aromatic N) is 1. The molecule has 0 aromatic carbocycles. The Morgan fingerprint density at radius 2 is 2.33 bits per heavy atom. The van der Waals surface area contributed by atoms with Gasteiger partial charge in [0, 0.05) is 17.6 Å². The van der Waals surface area contributed by atoms with Crippen LogP contribution in [0.1, 0.15) is 0 Å². The number of fused-ring (bicyclic) bond motifs is 1. The molecule has 2 aromatic heterocycles. The van der Waals surface area contributed by atoms with Gasteiger partial charge in [-0.05, 0) is 6.07 Å². The summed E-state index contributed by atoms with van der Waals surface area (Å²) in [4.78, 5) is 7.10. The van der Waals surface area contributed by atoms with Gasteiger partial charge in [0.25, 0.3) is 0 Å². The zero-order valence-electron chi connectivity index (χ0n) is 6.66. The Morgan fingerprint density at radius 1 is 1.50 bits per heavy atom. The molecular weight excluding hydrogens is 154 g/mol. The van der Waals surface area contributed by atoms with E-state index >= 15 is 0 Å². The van der Waals surface area contributed by atoms with E-state index in [0.717, 1.165) is 11.0 Å². The normalized spacial score (nSPS) is 10.4. The standard InChI is InChI=1S/C8H9N3O/c1-12-7-3-2-5-6(9)4-10-8(5)11-7/h2-4H,9H2,1H3,(H,10,11). The summed E-state index contributed by atoms with van der Waals surface area (Å²) >= 11 is 0. The molecule has 4 nitrogen and oxygen atoms in total. The Balaban J connectivity index is 2.69. The van der Waals surface area contributed by atoms with E-state index in [1.54, 1.807) is 19.4 Å². The molecule has 0 aliphatic rings. The fraction of sp³-hybridized carbons (Fsp3) is 0.125. The Kier molecular flexibility index (Phi) is 1.40. The van der Waals surface area contributed by atoms with Crippen molar-refractivity contribution in [2.45, 2.75) is 0 Å². The number of H-pyrrole nitrogens is 1. The number of hydrogen-bond donors (Lipinski definition) is 2. The number of anilines is 1. The molecule has 2 heterocycles. The number of aromatic nitrogens is 2. The minimum atomic E-state index is 0.587. The second-order valence-electron chi connectivity index (χ2n) is 2.49. The van der Waals surface area contributed by atoms with Gasteiger partial charge < -0.3 is 15.5 Å². The SMILES string of the molecule is COc1ccc2c(N)c[nH]c2n1. The highest BCUT2D eigenvalue weighted by Crippen LogP contribution is 2.20. The highest BCUT2D eigenvalue weighted by atomic mass is 16.5. The molecule has 0 amide bonds. The van der Waals surface area contributed by atoms with Crippen LogP contribution in [0.3, 0.4) is 0 Å². The zero-order valence-corrected chi connectivity index (χ0v) is 6.66. The molecule has 2 aromatic rings. The largest absolute Gasteiger partial charge is 0.481 e. The average molecular weight is 163 g/mol. The van der Waals surface area contributed by atoms with Crippen LogP contribution in [0.15, 0.2) is 18.3 Å². The fourth-order valence-corrected chi connectivity index (χ4v) is 1.12. The number of pyridine rings is 1. The van der Waals surface area contributed by atoms with Crippen molar-refractivity contribution in [2.24, 2.45) is 0 Å². The molecule has 0 aliphatic carbocycles. The first-order chi connectivity index (χ1) is 5.81. The molecule has 0 fully saturated rings. The van der Waals surface area contributed by atoms with Crippen molar-refractivity contribution in [2.75, 3.05) is 12.8 Å². The van der Waals surface area contributed by atoms with Gasteiger partial charge in [-0.2, -0.15) is 4.98 Å². The average Bonchev–Trinajstić information content (AvgIpc) is 2.47. The zero-order chi connectivity index (χ0) is 8.55. The maximum Gasteiger partial charge on any atom is 0.214 e. The summed E-state index contributed by atoms with van der Waals surface area (Å²) in [5.41, 5.74) is 7.12. The van der Waals surface area contributed by atoms with Crippen LogP contribution in [0.25, 0.3) is 11.0 Å². The van der Waals surface area contributed by atoms with Crippen LogP contribution in [0.2, 0.25) is 0 Å². The van der Waals surface area contributed by atoms with Gasteiger partial charge in [0.1, 0.15) is 5.65 Å². The van der Waals surface area contributed by atoms with Crippen LogP contribution in [0, 0.1) is 0 Å². The second-order valence-corrected chi connectivity index (χ2v) is 2.49. The first kappa shape index (κ1) is 6.97. The van der Waals surface area contributed by atoms with Crippen LogP contribution in [-0.4, -0.2) is 17.1 Å². The lowest BCUT2D eigenvalue weighted by Gasteiger charge is -1.96. The van der Waals surface area contributed by atoms with E-state index < -0.39 is 0 Å². The summed E-state index contributed by atoms with van der Waals surface area (Å²) in [6.07, 6.45) is 1.72. The van der Waals surface area contributed by atoms with Crippen LogP contribution in [0.5, 0.6) is 5.88 Å². The van der Waals surface area contributed by atoms with Gasteiger partial charge in [-0.3, -0.25) is 0 Å². The number of aromatic amines is 1. The lowest BCUT2D eigenvalue weighted by Crippen LogP contribution is -1.87. The number of nitrogens with one attached hydrogen (secondary N) is 1. The minimum Gasteiger partial charge on any atom is -0.481 e. The first-order valence-electron chi connectivity index (χ1n) is 3.59.